The van der Waals surface area contributed by atoms with Gasteiger partial charge in [0.2, 0.25) is 5.91 Å². The van der Waals surface area contributed by atoms with Crippen LogP contribution in [-0.4, -0.2) is 36.5 Å². The number of anilines is 1. The van der Waals surface area contributed by atoms with Gasteiger partial charge in [-0.3, -0.25) is 14.5 Å². The topological polar surface area (TPSA) is 58.6 Å². The number of hydrogen-bond donors (Lipinski definition) is 1. The molecule has 2 aromatic carbocycles. The lowest BCUT2D eigenvalue weighted by Gasteiger charge is -2.36. The van der Waals surface area contributed by atoms with E-state index in [-0.39, 0.29) is 23.6 Å². The summed E-state index contributed by atoms with van der Waals surface area (Å²) in [6.45, 7) is 3.32. The first-order chi connectivity index (χ1) is 13.6. The Morgan fingerprint density at radius 2 is 1.89 bits per heavy atom. The van der Waals surface area contributed by atoms with Crippen LogP contribution in [0.3, 0.4) is 0 Å². The van der Waals surface area contributed by atoms with Gasteiger partial charge in [0.1, 0.15) is 11.9 Å². The number of benzene rings is 2. The van der Waals surface area contributed by atoms with Gasteiger partial charge < -0.3 is 10.1 Å². The summed E-state index contributed by atoms with van der Waals surface area (Å²) in [4.78, 5) is 27.4. The van der Waals surface area contributed by atoms with Gasteiger partial charge in [-0.05, 0) is 56.1 Å². The standard InChI is InChI=1S/C22H25FN2O3/c1-2-28-22(27)17-9-6-14-25(15-17)20(16-7-4-3-5-8-16)21(26)24-19-12-10-18(23)11-13-19/h3-5,7-8,10-13,17,20H,2,6,9,14-15H2,1H3,(H,24,26). The van der Waals surface area contributed by atoms with Crippen molar-refractivity contribution < 1.29 is 18.7 Å². The zero-order valence-corrected chi connectivity index (χ0v) is 15.9. The number of carbonyl (C=O) groups excluding carboxylic acids is 2. The predicted octanol–water partition coefficient (Wildman–Crippen LogP) is 3.78. The van der Waals surface area contributed by atoms with Gasteiger partial charge >= 0.3 is 5.97 Å². The normalized spacial score (nSPS) is 18.3. The smallest absolute Gasteiger partial charge is 0.310 e. The van der Waals surface area contributed by atoms with Crippen molar-refractivity contribution in [2.75, 3.05) is 25.0 Å². The van der Waals surface area contributed by atoms with Crippen molar-refractivity contribution in [2.24, 2.45) is 5.92 Å². The third-order valence-corrected chi connectivity index (χ3v) is 4.91. The van der Waals surface area contributed by atoms with E-state index < -0.39 is 6.04 Å². The molecule has 1 fully saturated rings. The van der Waals surface area contributed by atoms with Crippen LogP contribution in [-0.2, 0) is 14.3 Å². The summed E-state index contributed by atoms with van der Waals surface area (Å²) in [5.74, 6) is -1.01. The number of nitrogens with zero attached hydrogens (tertiary/aromatic N) is 1. The average molecular weight is 384 g/mol. The van der Waals surface area contributed by atoms with Gasteiger partial charge in [0.15, 0.2) is 0 Å². The minimum absolute atomic E-state index is 0.206. The molecule has 1 saturated heterocycles. The lowest BCUT2D eigenvalue weighted by molar-refractivity contribution is -0.151. The molecule has 0 aliphatic carbocycles. The number of amides is 1. The van der Waals surface area contributed by atoms with E-state index in [0.29, 0.717) is 25.4 Å². The molecule has 1 amide bonds. The zero-order valence-electron chi connectivity index (χ0n) is 15.9. The number of likely N-dealkylation sites (tertiary alicyclic amines) is 1. The zero-order chi connectivity index (χ0) is 19.9. The van der Waals surface area contributed by atoms with E-state index in [1.54, 1.807) is 6.92 Å². The van der Waals surface area contributed by atoms with Crippen LogP contribution in [0.25, 0.3) is 0 Å². The Balaban J connectivity index is 1.81. The van der Waals surface area contributed by atoms with Crippen LogP contribution in [0.5, 0.6) is 0 Å². The second-order valence-electron chi connectivity index (χ2n) is 6.90. The van der Waals surface area contributed by atoms with Crippen LogP contribution in [0.1, 0.15) is 31.4 Å². The highest BCUT2D eigenvalue weighted by Crippen LogP contribution is 2.29. The third kappa shape index (κ3) is 4.95. The largest absolute Gasteiger partial charge is 0.466 e. The number of hydrogen-bond acceptors (Lipinski definition) is 4. The fourth-order valence-corrected chi connectivity index (χ4v) is 3.60. The van der Waals surface area contributed by atoms with Gasteiger partial charge in [-0.15, -0.1) is 0 Å². The number of halogens is 1. The quantitative estimate of drug-likeness (QED) is 0.770. The molecule has 6 heteroatoms. The molecule has 0 radical (unpaired) electrons. The van der Waals surface area contributed by atoms with Crippen LogP contribution < -0.4 is 5.32 Å². The van der Waals surface area contributed by atoms with Crippen LogP contribution in [0.4, 0.5) is 10.1 Å². The van der Waals surface area contributed by atoms with Crippen molar-refractivity contribution in [1.82, 2.24) is 4.90 Å². The molecule has 1 aliphatic heterocycles. The molecule has 1 N–H and O–H groups in total. The molecule has 0 bridgehead atoms. The first-order valence-corrected chi connectivity index (χ1v) is 9.60. The molecule has 2 unspecified atom stereocenters. The molecule has 1 aliphatic rings. The van der Waals surface area contributed by atoms with Gasteiger partial charge in [0.25, 0.3) is 0 Å². The third-order valence-electron chi connectivity index (χ3n) is 4.91. The number of ether oxygens (including phenoxy) is 1. The Bertz CT molecular complexity index is 795. The molecular weight excluding hydrogens is 359 g/mol. The van der Waals surface area contributed by atoms with E-state index in [2.05, 4.69) is 5.32 Å². The SMILES string of the molecule is CCOC(=O)C1CCCN(C(C(=O)Nc2ccc(F)cc2)c2ccccc2)C1. The molecule has 5 nitrogen and oxygen atoms in total. The molecule has 0 saturated carbocycles. The van der Waals surface area contributed by atoms with E-state index >= 15 is 0 Å². The fourth-order valence-electron chi connectivity index (χ4n) is 3.60. The highest BCUT2D eigenvalue weighted by molar-refractivity contribution is 5.95. The summed E-state index contributed by atoms with van der Waals surface area (Å²) in [5, 5.41) is 2.87. The summed E-state index contributed by atoms with van der Waals surface area (Å²) in [6, 6.07) is 14.6. The summed E-state index contributed by atoms with van der Waals surface area (Å²) >= 11 is 0. The average Bonchev–Trinajstić information content (AvgIpc) is 2.71. The van der Waals surface area contributed by atoms with Gasteiger partial charge in [-0.1, -0.05) is 30.3 Å². The summed E-state index contributed by atoms with van der Waals surface area (Å²) < 4.78 is 18.3. The molecule has 2 aromatic rings. The van der Waals surface area contributed by atoms with Crippen molar-refractivity contribution in [1.29, 1.82) is 0 Å². The van der Waals surface area contributed by atoms with E-state index in [4.69, 9.17) is 4.74 Å². The minimum atomic E-state index is -0.538. The summed E-state index contributed by atoms with van der Waals surface area (Å²) in [5.41, 5.74) is 1.39. The molecule has 3 rings (SSSR count). The van der Waals surface area contributed by atoms with E-state index in [9.17, 15) is 14.0 Å². The molecule has 148 valence electrons. The van der Waals surface area contributed by atoms with Crippen LogP contribution in [0, 0.1) is 11.7 Å². The fraction of sp³-hybridized carbons (Fsp3) is 0.364. The molecule has 28 heavy (non-hydrogen) atoms. The molecule has 1 heterocycles. The van der Waals surface area contributed by atoms with Crippen LogP contribution >= 0.6 is 0 Å². The van der Waals surface area contributed by atoms with Gasteiger partial charge in [0.05, 0.1) is 12.5 Å². The minimum Gasteiger partial charge on any atom is -0.466 e. The Kier molecular flexibility index (Phi) is 6.76. The van der Waals surface area contributed by atoms with Crippen molar-refractivity contribution in [2.45, 2.75) is 25.8 Å². The van der Waals surface area contributed by atoms with Crippen molar-refractivity contribution in [3.8, 4) is 0 Å². The van der Waals surface area contributed by atoms with E-state index in [1.165, 1.54) is 24.3 Å². The number of esters is 1. The monoisotopic (exact) mass is 384 g/mol. The van der Waals surface area contributed by atoms with Crippen molar-refractivity contribution in [3.05, 3.63) is 66.0 Å². The maximum absolute atomic E-state index is 13.2. The first kappa shape index (κ1) is 20.0. The van der Waals surface area contributed by atoms with Crippen LogP contribution in [0.15, 0.2) is 54.6 Å². The maximum Gasteiger partial charge on any atom is 0.310 e. The Labute approximate surface area is 164 Å². The van der Waals surface area contributed by atoms with Crippen molar-refractivity contribution >= 4 is 17.6 Å². The van der Waals surface area contributed by atoms with Gasteiger partial charge in [0, 0.05) is 12.2 Å². The number of piperidine rings is 1. The van der Waals surface area contributed by atoms with Gasteiger partial charge in [-0.25, -0.2) is 4.39 Å². The second kappa shape index (κ2) is 9.46. The lowest BCUT2D eigenvalue weighted by atomic mass is 9.94. The molecule has 2 atom stereocenters. The number of rotatable bonds is 6. The van der Waals surface area contributed by atoms with E-state index in [0.717, 1.165) is 18.4 Å². The Morgan fingerprint density at radius 1 is 1.18 bits per heavy atom. The Morgan fingerprint density at radius 3 is 2.57 bits per heavy atom. The van der Waals surface area contributed by atoms with Crippen LogP contribution in [0.2, 0.25) is 0 Å². The summed E-state index contributed by atoms with van der Waals surface area (Å²) in [6.07, 6.45) is 1.58. The number of carbonyl (C=O) groups is 2. The van der Waals surface area contributed by atoms with E-state index in [1.807, 2.05) is 35.2 Å². The molecule has 0 spiro atoms. The first-order valence-electron chi connectivity index (χ1n) is 9.60. The summed E-state index contributed by atoms with van der Waals surface area (Å²) in [7, 11) is 0. The second-order valence-corrected chi connectivity index (χ2v) is 6.90. The Hall–Kier alpha value is -2.73. The maximum atomic E-state index is 13.2. The highest BCUT2D eigenvalue weighted by Gasteiger charge is 2.34. The molecular formula is C22H25FN2O3. The van der Waals surface area contributed by atoms with Crippen molar-refractivity contribution in [3.63, 3.8) is 0 Å². The number of nitrogens with one attached hydrogen (secondary N) is 1. The lowest BCUT2D eigenvalue weighted by Crippen LogP contribution is -2.45. The molecule has 0 aromatic heterocycles. The highest BCUT2D eigenvalue weighted by atomic mass is 19.1. The predicted molar refractivity (Wildman–Crippen MR) is 105 cm³/mol. The van der Waals surface area contributed by atoms with Gasteiger partial charge in [-0.2, -0.15) is 0 Å².